The molecular weight excluding hydrogens is 258 g/mol. The molecule has 0 bridgehead atoms. The number of methoxy groups -OCH3 is 1. The molecule has 1 aliphatic heterocycles. The van der Waals surface area contributed by atoms with Gasteiger partial charge in [-0.15, -0.1) is 0 Å². The molecule has 5 nitrogen and oxygen atoms in total. The maximum absolute atomic E-state index is 12.3. The topological polar surface area (TPSA) is 72.5 Å². The molecule has 1 fully saturated rings. The van der Waals surface area contributed by atoms with E-state index in [-0.39, 0.29) is 11.7 Å². The lowest BCUT2D eigenvalue weighted by atomic mass is 9.69. The normalized spacial score (nSPS) is 19.6. The molecule has 3 rings (SSSR count). The smallest absolute Gasteiger partial charge is 0.337 e. The first-order valence-electron chi connectivity index (χ1n) is 6.63. The van der Waals surface area contributed by atoms with Gasteiger partial charge in [0.05, 0.1) is 18.1 Å². The number of fused-ring (bicyclic) bond motifs is 2. The third-order valence-electron chi connectivity index (χ3n) is 4.30. The summed E-state index contributed by atoms with van der Waals surface area (Å²) in [4.78, 5) is 35.4. The zero-order chi connectivity index (χ0) is 14.3. The molecule has 0 aromatic heterocycles. The second kappa shape index (κ2) is 4.44. The van der Waals surface area contributed by atoms with Gasteiger partial charge in [-0.2, -0.15) is 0 Å². The Bertz CT molecular complexity index is 610. The van der Waals surface area contributed by atoms with Gasteiger partial charge in [0, 0.05) is 18.5 Å². The van der Waals surface area contributed by atoms with E-state index >= 15 is 0 Å². The number of anilines is 1. The molecule has 2 aliphatic rings. The van der Waals surface area contributed by atoms with Crippen LogP contribution < -0.4 is 5.32 Å². The quantitative estimate of drug-likeness (QED) is 0.792. The maximum Gasteiger partial charge on any atom is 0.337 e. The number of rotatable bonds is 1. The fourth-order valence-corrected chi connectivity index (χ4v) is 3.11. The number of carbonyl (C=O) groups excluding carboxylic acids is 3. The highest BCUT2D eigenvalue weighted by Gasteiger charge is 2.48. The van der Waals surface area contributed by atoms with Crippen molar-refractivity contribution in [1.82, 2.24) is 0 Å². The summed E-state index contributed by atoms with van der Waals surface area (Å²) in [6.07, 6.45) is 1.84. The molecule has 1 aromatic rings. The van der Waals surface area contributed by atoms with Gasteiger partial charge in [-0.25, -0.2) is 4.79 Å². The molecule has 104 valence electrons. The van der Waals surface area contributed by atoms with Crippen LogP contribution in [0.1, 0.15) is 41.6 Å². The van der Waals surface area contributed by atoms with Crippen molar-refractivity contribution < 1.29 is 19.1 Å². The summed E-state index contributed by atoms with van der Waals surface area (Å²) < 4.78 is 4.72. The number of nitrogens with one attached hydrogen (secondary N) is 1. The molecule has 1 saturated carbocycles. The lowest BCUT2D eigenvalue weighted by molar-refractivity contribution is -0.126. The van der Waals surface area contributed by atoms with Crippen LogP contribution in [0.15, 0.2) is 18.2 Å². The van der Waals surface area contributed by atoms with Gasteiger partial charge < -0.3 is 10.1 Å². The minimum absolute atomic E-state index is 0.0676. The van der Waals surface area contributed by atoms with E-state index in [9.17, 15) is 14.4 Å². The molecule has 1 aromatic carbocycles. The van der Waals surface area contributed by atoms with Crippen LogP contribution in [0.2, 0.25) is 0 Å². The van der Waals surface area contributed by atoms with Crippen LogP contribution in [0.3, 0.4) is 0 Å². The molecular formula is C15H15NO4. The second-order valence-electron chi connectivity index (χ2n) is 5.33. The van der Waals surface area contributed by atoms with E-state index in [0.717, 1.165) is 11.3 Å². The average molecular weight is 273 g/mol. The van der Waals surface area contributed by atoms with Crippen molar-refractivity contribution in [2.75, 3.05) is 12.4 Å². The largest absolute Gasteiger partial charge is 0.465 e. The molecule has 1 amide bonds. The summed E-state index contributed by atoms with van der Waals surface area (Å²) in [5.74, 6) is -0.294. The number of esters is 1. The molecule has 1 heterocycles. The van der Waals surface area contributed by atoms with Crippen LogP contribution in [0.25, 0.3) is 0 Å². The molecule has 0 saturated heterocycles. The van der Waals surface area contributed by atoms with Crippen molar-refractivity contribution in [3.8, 4) is 0 Å². The van der Waals surface area contributed by atoms with E-state index in [1.807, 2.05) is 0 Å². The standard InChI is InChI=1S/C15H15NO4/c1-20-13(18)9-2-3-12-11(8-9)15(14(19)16-12)6-4-10(17)5-7-15/h2-3,8H,4-7H2,1H3,(H,16,19). The van der Waals surface area contributed by atoms with Crippen molar-refractivity contribution in [3.05, 3.63) is 29.3 Å². The third-order valence-corrected chi connectivity index (χ3v) is 4.30. The Labute approximate surface area is 116 Å². The van der Waals surface area contributed by atoms with E-state index in [4.69, 9.17) is 4.74 Å². The molecule has 5 heteroatoms. The van der Waals surface area contributed by atoms with E-state index < -0.39 is 11.4 Å². The number of amides is 1. The first-order chi connectivity index (χ1) is 9.56. The highest BCUT2D eigenvalue weighted by molar-refractivity contribution is 6.08. The predicted molar refractivity (Wildman–Crippen MR) is 71.6 cm³/mol. The third kappa shape index (κ3) is 1.73. The number of benzene rings is 1. The Kier molecular flexibility index (Phi) is 2.85. The summed E-state index contributed by atoms with van der Waals surface area (Å²) in [7, 11) is 1.33. The SMILES string of the molecule is COC(=O)c1ccc2c(c1)C1(CCC(=O)CC1)C(=O)N2. The Morgan fingerprint density at radius 2 is 1.95 bits per heavy atom. The van der Waals surface area contributed by atoms with Crippen LogP contribution in [0.5, 0.6) is 0 Å². The summed E-state index contributed by atoms with van der Waals surface area (Å²) in [5.41, 5.74) is 1.32. The monoisotopic (exact) mass is 273 g/mol. The lowest BCUT2D eigenvalue weighted by Gasteiger charge is -2.30. The van der Waals surface area contributed by atoms with Crippen LogP contribution in [0, 0.1) is 0 Å². The van der Waals surface area contributed by atoms with Crippen molar-refractivity contribution in [3.63, 3.8) is 0 Å². The number of hydrogen-bond acceptors (Lipinski definition) is 4. The van der Waals surface area contributed by atoms with Crippen molar-refractivity contribution in [1.29, 1.82) is 0 Å². The van der Waals surface area contributed by atoms with Crippen molar-refractivity contribution >= 4 is 23.3 Å². The Morgan fingerprint density at radius 1 is 1.25 bits per heavy atom. The van der Waals surface area contributed by atoms with E-state index in [1.54, 1.807) is 18.2 Å². The minimum atomic E-state index is -0.659. The van der Waals surface area contributed by atoms with E-state index in [2.05, 4.69) is 5.32 Å². The van der Waals surface area contributed by atoms with Crippen LogP contribution in [-0.2, 0) is 19.7 Å². The summed E-state index contributed by atoms with van der Waals surface area (Å²) in [5, 5.41) is 2.85. The molecule has 0 unspecified atom stereocenters. The molecule has 0 atom stereocenters. The number of carbonyl (C=O) groups is 3. The van der Waals surface area contributed by atoms with Gasteiger partial charge in [0.25, 0.3) is 0 Å². The Morgan fingerprint density at radius 3 is 2.60 bits per heavy atom. The van der Waals surface area contributed by atoms with Crippen molar-refractivity contribution in [2.45, 2.75) is 31.1 Å². The number of Topliss-reactive ketones (excluding diaryl/α,β-unsaturated/α-hetero) is 1. The molecule has 1 spiro atoms. The van der Waals surface area contributed by atoms with Crippen LogP contribution >= 0.6 is 0 Å². The van der Waals surface area contributed by atoms with Crippen molar-refractivity contribution in [2.24, 2.45) is 0 Å². The summed E-state index contributed by atoms with van der Waals surface area (Å²) in [6, 6.07) is 5.08. The zero-order valence-electron chi connectivity index (χ0n) is 11.2. The molecule has 1 N–H and O–H groups in total. The zero-order valence-corrected chi connectivity index (χ0v) is 11.2. The van der Waals surface area contributed by atoms with Crippen LogP contribution in [-0.4, -0.2) is 24.8 Å². The molecule has 20 heavy (non-hydrogen) atoms. The van der Waals surface area contributed by atoms with Gasteiger partial charge in [0.15, 0.2) is 0 Å². The van der Waals surface area contributed by atoms with Gasteiger partial charge in [-0.3, -0.25) is 9.59 Å². The average Bonchev–Trinajstić information content (AvgIpc) is 2.73. The highest BCUT2D eigenvalue weighted by atomic mass is 16.5. The second-order valence-corrected chi connectivity index (χ2v) is 5.33. The van der Waals surface area contributed by atoms with Gasteiger partial charge >= 0.3 is 5.97 Å². The van der Waals surface area contributed by atoms with E-state index in [1.165, 1.54) is 7.11 Å². The first-order valence-corrected chi connectivity index (χ1v) is 6.63. The van der Waals surface area contributed by atoms with E-state index in [0.29, 0.717) is 31.2 Å². The van der Waals surface area contributed by atoms with Gasteiger partial charge in [0.2, 0.25) is 5.91 Å². The number of ether oxygens (including phenoxy) is 1. The lowest BCUT2D eigenvalue weighted by Crippen LogP contribution is -2.38. The first kappa shape index (κ1) is 12.8. The number of hydrogen-bond donors (Lipinski definition) is 1. The molecule has 1 aliphatic carbocycles. The minimum Gasteiger partial charge on any atom is -0.465 e. The number of ketones is 1. The fraction of sp³-hybridized carbons (Fsp3) is 0.400. The molecule has 0 radical (unpaired) electrons. The predicted octanol–water partition coefficient (Wildman–Crippen LogP) is 1.81. The summed E-state index contributed by atoms with van der Waals surface area (Å²) in [6.45, 7) is 0. The van der Waals surface area contributed by atoms with Gasteiger partial charge in [-0.05, 0) is 36.6 Å². The maximum atomic E-state index is 12.3. The summed E-state index contributed by atoms with van der Waals surface area (Å²) >= 11 is 0. The van der Waals surface area contributed by atoms with Crippen LogP contribution in [0.4, 0.5) is 5.69 Å². The Hall–Kier alpha value is -2.17. The van der Waals surface area contributed by atoms with Gasteiger partial charge in [0.1, 0.15) is 5.78 Å². The van der Waals surface area contributed by atoms with Gasteiger partial charge in [-0.1, -0.05) is 0 Å². The highest BCUT2D eigenvalue weighted by Crippen LogP contribution is 2.46. The Balaban J connectivity index is 2.06. The fourth-order valence-electron chi connectivity index (χ4n) is 3.11.